The van der Waals surface area contributed by atoms with Crippen LogP contribution in [0.3, 0.4) is 0 Å². The van der Waals surface area contributed by atoms with E-state index in [2.05, 4.69) is 32.8 Å². The maximum absolute atomic E-state index is 8.81. The van der Waals surface area contributed by atoms with Gasteiger partial charge in [0.2, 0.25) is 0 Å². The number of aromatic nitrogens is 3. The van der Waals surface area contributed by atoms with E-state index in [1.54, 1.807) is 12.3 Å². The predicted octanol–water partition coefficient (Wildman–Crippen LogP) is 1.87. The average molecular weight is 265 g/mol. The summed E-state index contributed by atoms with van der Waals surface area (Å²) >= 11 is 0. The Labute approximate surface area is 117 Å². The molecule has 5 heteroatoms. The molecule has 0 N–H and O–H groups in total. The highest BCUT2D eigenvalue weighted by atomic mass is 15.2. The molecule has 0 radical (unpaired) electrons. The van der Waals surface area contributed by atoms with Crippen LogP contribution in [0.25, 0.3) is 0 Å². The van der Waals surface area contributed by atoms with Crippen molar-refractivity contribution in [2.75, 3.05) is 11.4 Å². The van der Waals surface area contributed by atoms with Gasteiger partial charge in [-0.05, 0) is 24.1 Å². The van der Waals surface area contributed by atoms with E-state index in [-0.39, 0.29) is 0 Å². The smallest absolute Gasteiger partial charge is 0.128 e. The van der Waals surface area contributed by atoms with Gasteiger partial charge in [0.25, 0.3) is 0 Å². The van der Waals surface area contributed by atoms with Crippen LogP contribution in [-0.4, -0.2) is 21.5 Å². The van der Waals surface area contributed by atoms with Crippen molar-refractivity contribution in [3.05, 3.63) is 47.2 Å². The molecule has 0 saturated heterocycles. The van der Waals surface area contributed by atoms with Crippen LogP contribution in [0.15, 0.2) is 24.5 Å². The van der Waals surface area contributed by atoms with Crippen molar-refractivity contribution in [3.8, 4) is 6.07 Å². The molecule has 0 aromatic carbocycles. The Kier molecular flexibility index (Phi) is 3.30. The molecule has 0 amide bonds. The Morgan fingerprint density at radius 1 is 1.30 bits per heavy atom. The van der Waals surface area contributed by atoms with Crippen LogP contribution >= 0.6 is 0 Å². The van der Waals surface area contributed by atoms with E-state index in [9.17, 15) is 0 Å². The van der Waals surface area contributed by atoms with Gasteiger partial charge in [-0.25, -0.2) is 15.0 Å². The number of rotatable bonds is 2. The van der Waals surface area contributed by atoms with Crippen LogP contribution in [0.4, 0.5) is 5.82 Å². The molecule has 1 aliphatic rings. The molecule has 100 valence electrons. The third-order valence-electron chi connectivity index (χ3n) is 3.51. The summed E-state index contributed by atoms with van der Waals surface area (Å²) in [6.45, 7) is 3.72. The third-order valence-corrected chi connectivity index (χ3v) is 3.51. The standard InChI is InChI=1S/C15H15N5/c1-2-14-17-9-12-5-6-20(10-13(12)19-14)15-4-3-11(7-16)8-18-15/h3-4,8-9H,2,5-6,10H2,1H3. The van der Waals surface area contributed by atoms with E-state index in [4.69, 9.17) is 5.26 Å². The summed E-state index contributed by atoms with van der Waals surface area (Å²) in [5, 5.41) is 8.81. The van der Waals surface area contributed by atoms with Crippen LogP contribution < -0.4 is 4.90 Å². The molecular formula is C15H15N5. The van der Waals surface area contributed by atoms with Gasteiger partial charge in [-0.3, -0.25) is 0 Å². The van der Waals surface area contributed by atoms with Crippen LogP contribution in [0, 0.1) is 11.3 Å². The molecule has 0 bridgehead atoms. The van der Waals surface area contributed by atoms with E-state index in [0.29, 0.717) is 5.56 Å². The lowest BCUT2D eigenvalue weighted by molar-refractivity contribution is 0.685. The molecule has 0 fully saturated rings. The third kappa shape index (κ3) is 2.32. The zero-order valence-electron chi connectivity index (χ0n) is 11.4. The van der Waals surface area contributed by atoms with Gasteiger partial charge in [0.15, 0.2) is 0 Å². The number of hydrogen-bond donors (Lipinski definition) is 0. The molecule has 2 aromatic rings. The maximum Gasteiger partial charge on any atom is 0.128 e. The number of aryl methyl sites for hydroxylation is 1. The van der Waals surface area contributed by atoms with Gasteiger partial charge in [-0.1, -0.05) is 6.92 Å². The molecule has 1 aliphatic heterocycles. The molecule has 0 spiro atoms. The molecule has 2 aromatic heterocycles. The van der Waals surface area contributed by atoms with Gasteiger partial charge < -0.3 is 4.90 Å². The summed E-state index contributed by atoms with van der Waals surface area (Å²) in [5.41, 5.74) is 2.91. The van der Waals surface area contributed by atoms with Gasteiger partial charge in [-0.15, -0.1) is 0 Å². The number of hydrogen-bond acceptors (Lipinski definition) is 5. The van der Waals surface area contributed by atoms with Crippen molar-refractivity contribution in [3.63, 3.8) is 0 Å². The number of anilines is 1. The normalized spacial score (nSPS) is 13.7. The maximum atomic E-state index is 8.81. The largest absolute Gasteiger partial charge is 0.350 e. The summed E-state index contributed by atoms with van der Waals surface area (Å²) < 4.78 is 0. The lowest BCUT2D eigenvalue weighted by Crippen LogP contribution is -2.32. The van der Waals surface area contributed by atoms with Gasteiger partial charge in [0, 0.05) is 25.4 Å². The first kappa shape index (κ1) is 12.5. The molecule has 3 heterocycles. The number of nitriles is 1. The minimum Gasteiger partial charge on any atom is -0.350 e. The van der Waals surface area contributed by atoms with Crippen LogP contribution in [-0.2, 0) is 19.4 Å². The lowest BCUT2D eigenvalue weighted by Gasteiger charge is -2.28. The van der Waals surface area contributed by atoms with Crippen LogP contribution in [0.5, 0.6) is 0 Å². The minimum absolute atomic E-state index is 0.585. The molecular weight excluding hydrogens is 250 g/mol. The first-order valence-electron chi connectivity index (χ1n) is 6.75. The predicted molar refractivity (Wildman–Crippen MR) is 75.1 cm³/mol. The van der Waals surface area contributed by atoms with Crippen LogP contribution in [0.2, 0.25) is 0 Å². The van der Waals surface area contributed by atoms with E-state index in [1.165, 1.54) is 5.56 Å². The molecule has 20 heavy (non-hydrogen) atoms. The molecule has 0 atom stereocenters. The zero-order chi connectivity index (χ0) is 13.9. The van der Waals surface area contributed by atoms with Crippen molar-refractivity contribution in [2.45, 2.75) is 26.3 Å². The minimum atomic E-state index is 0.585. The van der Waals surface area contributed by atoms with Crippen molar-refractivity contribution in [1.29, 1.82) is 5.26 Å². The summed E-state index contributed by atoms with van der Waals surface area (Å²) in [6, 6.07) is 5.78. The Hall–Kier alpha value is -2.48. The molecule has 5 nitrogen and oxygen atoms in total. The van der Waals surface area contributed by atoms with E-state index in [0.717, 1.165) is 43.3 Å². The first-order valence-corrected chi connectivity index (χ1v) is 6.75. The summed E-state index contributed by atoms with van der Waals surface area (Å²) in [5.74, 6) is 1.78. The monoisotopic (exact) mass is 265 g/mol. The molecule has 0 saturated carbocycles. The fourth-order valence-electron chi connectivity index (χ4n) is 2.35. The van der Waals surface area contributed by atoms with Crippen molar-refractivity contribution < 1.29 is 0 Å². The number of pyridine rings is 1. The number of fused-ring (bicyclic) bond motifs is 1. The SMILES string of the molecule is CCc1ncc2c(n1)CN(c1ccc(C#N)cn1)CC2. The van der Waals surface area contributed by atoms with E-state index < -0.39 is 0 Å². The van der Waals surface area contributed by atoms with Gasteiger partial charge in [-0.2, -0.15) is 5.26 Å². The fraction of sp³-hybridized carbons (Fsp3) is 0.333. The van der Waals surface area contributed by atoms with Crippen molar-refractivity contribution in [1.82, 2.24) is 15.0 Å². The summed E-state index contributed by atoms with van der Waals surface area (Å²) in [6.07, 6.45) is 5.34. The second-order valence-electron chi connectivity index (χ2n) is 4.80. The Balaban J connectivity index is 1.85. The van der Waals surface area contributed by atoms with Crippen molar-refractivity contribution in [2.24, 2.45) is 0 Å². The first-order chi connectivity index (χ1) is 9.80. The number of nitrogens with zero attached hydrogens (tertiary/aromatic N) is 5. The van der Waals surface area contributed by atoms with Crippen LogP contribution in [0.1, 0.15) is 29.6 Å². The van der Waals surface area contributed by atoms with E-state index in [1.807, 2.05) is 12.3 Å². The Morgan fingerprint density at radius 2 is 2.20 bits per heavy atom. The fourth-order valence-corrected chi connectivity index (χ4v) is 2.35. The summed E-state index contributed by atoms with van der Waals surface area (Å²) in [7, 11) is 0. The van der Waals surface area contributed by atoms with Gasteiger partial charge >= 0.3 is 0 Å². The quantitative estimate of drug-likeness (QED) is 0.829. The molecule has 0 aliphatic carbocycles. The highest BCUT2D eigenvalue weighted by molar-refractivity contribution is 5.44. The Morgan fingerprint density at radius 3 is 2.90 bits per heavy atom. The van der Waals surface area contributed by atoms with Gasteiger partial charge in [0.05, 0.1) is 17.8 Å². The lowest BCUT2D eigenvalue weighted by atomic mass is 10.1. The summed E-state index contributed by atoms with van der Waals surface area (Å²) in [4.78, 5) is 15.5. The highest BCUT2D eigenvalue weighted by Crippen LogP contribution is 2.21. The molecule has 0 unspecified atom stereocenters. The Bertz CT molecular complexity index is 657. The second kappa shape index (κ2) is 5.25. The highest BCUT2D eigenvalue weighted by Gasteiger charge is 2.19. The average Bonchev–Trinajstić information content (AvgIpc) is 2.54. The van der Waals surface area contributed by atoms with Gasteiger partial charge in [0.1, 0.15) is 17.7 Å². The van der Waals surface area contributed by atoms with Crippen molar-refractivity contribution >= 4 is 5.82 Å². The second-order valence-corrected chi connectivity index (χ2v) is 4.80. The topological polar surface area (TPSA) is 65.7 Å². The molecule has 3 rings (SSSR count). The van der Waals surface area contributed by atoms with E-state index >= 15 is 0 Å². The zero-order valence-corrected chi connectivity index (χ0v) is 11.4.